The number of thiophene rings is 1. The zero-order chi connectivity index (χ0) is 16.6. The van der Waals surface area contributed by atoms with Gasteiger partial charge in [0, 0.05) is 11.4 Å². The maximum Gasteiger partial charge on any atom is 0.291 e. The SMILES string of the molecule is Cc1cc(C)n2nc(C(=O)NCC(C)(O)c3ccsc3)nc2n1. The zero-order valence-corrected chi connectivity index (χ0v) is 13.9. The molecule has 23 heavy (non-hydrogen) atoms. The predicted octanol–water partition coefficient (Wildman–Crippen LogP) is 1.44. The van der Waals surface area contributed by atoms with Gasteiger partial charge in [0.25, 0.3) is 11.7 Å². The van der Waals surface area contributed by atoms with Gasteiger partial charge in [0.2, 0.25) is 5.82 Å². The van der Waals surface area contributed by atoms with Gasteiger partial charge in [-0.05, 0) is 49.2 Å². The Bertz CT molecular complexity index is 854. The summed E-state index contributed by atoms with van der Waals surface area (Å²) in [5, 5.41) is 21.0. The lowest BCUT2D eigenvalue weighted by molar-refractivity contribution is 0.0527. The third kappa shape index (κ3) is 3.08. The van der Waals surface area contributed by atoms with E-state index < -0.39 is 11.5 Å². The summed E-state index contributed by atoms with van der Waals surface area (Å²) >= 11 is 1.49. The fraction of sp³-hybridized carbons (Fsp3) is 0.333. The molecule has 1 unspecified atom stereocenters. The number of carbonyl (C=O) groups is 1. The van der Waals surface area contributed by atoms with Gasteiger partial charge in [0.05, 0.1) is 6.54 Å². The molecule has 3 aromatic rings. The Morgan fingerprint density at radius 2 is 2.22 bits per heavy atom. The Kier molecular flexibility index (Phi) is 3.87. The van der Waals surface area contributed by atoms with Crippen LogP contribution in [0.1, 0.15) is 34.5 Å². The Balaban J connectivity index is 1.77. The molecule has 3 aromatic heterocycles. The number of rotatable bonds is 4. The van der Waals surface area contributed by atoms with Crippen molar-refractivity contribution in [1.82, 2.24) is 24.9 Å². The summed E-state index contributed by atoms with van der Waals surface area (Å²) in [7, 11) is 0. The van der Waals surface area contributed by atoms with Crippen LogP contribution in [0.15, 0.2) is 22.9 Å². The maximum atomic E-state index is 12.2. The molecule has 0 aliphatic carbocycles. The van der Waals surface area contributed by atoms with Gasteiger partial charge in [0.1, 0.15) is 5.60 Å². The molecular weight excluding hydrogens is 314 g/mol. The molecule has 0 saturated heterocycles. The number of aromatic nitrogens is 4. The third-order valence-electron chi connectivity index (χ3n) is 3.56. The van der Waals surface area contributed by atoms with E-state index in [9.17, 15) is 9.90 Å². The van der Waals surface area contributed by atoms with E-state index >= 15 is 0 Å². The molecule has 0 radical (unpaired) electrons. The molecule has 1 atom stereocenters. The molecule has 2 N–H and O–H groups in total. The first-order valence-corrected chi connectivity index (χ1v) is 8.05. The second kappa shape index (κ2) is 5.71. The monoisotopic (exact) mass is 331 g/mol. The van der Waals surface area contributed by atoms with Gasteiger partial charge in [-0.25, -0.2) is 9.50 Å². The second-order valence-corrected chi connectivity index (χ2v) is 6.43. The standard InChI is InChI=1S/C15H17N5O2S/c1-9-6-10(2)20-14(17-9)18-12(19-20)13(21)16-8-15(3,22)11-4-5-23-7-11/h4-7,22H,8H2,1-3H3,(H,16,21). The van der Waals surface area contributed by atoms with Crippen LogP contribution >= 0.6 is 11.3 Å². The van der Waals surface area contributed by atoms with Crippen LogP contribution in [0.5, 0.6) is 0 Å². The van der Waals surface area contributed by atoms with E-state index in [1.165, 1.54) is 15.9 Å². The molecule has 0 aliphatic heterocycles. The fourth-order valence-electron chi connectivity index (χ4n) is 2.27. The van der Waals surface area contributed by atoms with Crippen molar-refractivity contribution in [3.8, 4) is 0 Å². The molecule has 120 valence electrons. The topological polar surface area (TPSA) is 92.4 Å². The minimum Gasteiger partial charge on any atom is -0.384 e. The van der Waals surface area contributed by atoms with E-state index in [2.05, 4.69) is 20.4 Å². The lowest BCUT2D eigenvalue weighted by Crippen LogP contribution is -2.38. The van der Waals surface area contributed by atoms with E-state index in [1.54, 1.807) is 6.92 Å². The summed E-state index contributed by atoms with van der Waals surface area (Å²) in [6.45, 7) is 5.46. The van der Waals surface area contributed by atoms with Crippen molar-refractivity contribution in [2.24, 2.45) is 0 Å². The molecule has 8 heteroatoms. The van der Waals surface area contributed by atoms with Gasteiger partial charge in [-0.15, -0.1) is 5.10 Å². The molecule has 0 aliphatic rings. The van der Waals surface area contributed by atoms with E-state index in [0.717, 1.165) is 17.0 Å². The summed E-state index contributed by atoms with van der Waals surface area (Å²) in [4.78, 5) is 20.6. The highest BCUT2D eigenvalue weighted by Gasteiger charge is 2.25. The number of nitrogens with zero attached hydrogens (tertiary/aromatic N) is 4. The lowest BCUT2D eigenvalue weighted by Gasteiger charge is -2.22. The van der Waals surface area contributed by atoms with Crippen LogP contribution in [-0.4, -0.2) is 37.1 Å². The summed E-state index contributed by atoms with van der Waals surface area (Å²) in [5.74, 6) is -0.0207. The molecule has 7 nitrogen and oxygen atoms in total. The van der Waals surface area contributed by atoms with E-state index in [1.807, 2.05) is 36.7 Å². The second-order valence-electron chi connectivity index (χ2n) is 5.65. The van der Waals surface area contributed by atoms with Gasteiger partial charge < -0.3 is 10.4 Å². The summed E-state index contributed by atoms with van der Waals surface area (Å²) in [5.41, 5.74) is 1.29. The molecule has 0 aromatic carbocycles. The van der Waals surface area contributed by atoms with Crippen molar-refractivity contribution in [2.75, 3.05) is 6.54 Å². The number of hydrogen-bond acceptors (Lipinski definition) is 6. The summed E-state index contributed by atoms with van der Waals surface area (Å²) < 4.78 is 1.53. The number of nitrogens with one attached hydrogen (secondary N) is 1. The maximum absolute atomic E-state index is 12.2. The molecule has 0 spiro atoms. The van der Waals surface area contributed by atoms with Crippen LogP contribution < -0.4 is 5.32 Å². The normalized spacial score (nSPS) is 13.9. The predicted molar refractivity (Wildman–Crippen MR) is 86.5 cm³/mol. The molecule has 0 bridgehead atoms. The summed E-state index contributed by atoms with van der Waals surface area (Å²) in [6, 6.07) is 3.70. The highest BCUT2D eigenvalue weighted by Crippen LogP contribution is 2.22. The van der Waals surface area contributed by atoms with Crippen LogP contribution in [0, 0.1) is 13.8 Å². The number of aryl methyl sites for hydroxylation is 2. The van der Waals surface area contributed by atoms with Crippen LogP contribution in [0.25, 0.3) is 5.78 Å². The lowest BCUT2D eigenvalue weighted by atomic mass is 9.99. The number of aliphatic hydroxyl groups is 1. The Hall–Kier alpha value is -2.32. The van der Waals surface area contributed by atoms with Gasteiger partial charge in [0.15, 0.2) is 0 Å². The molecule has 1 amide bonds. The highest BCUT2D eigenvalue weighted by molar-refractivity contribution is 7.08. The number of hydrogen-bond donors (Lipinski definition) is 2. The number of fused-ring (bicyclic) bond motifs is 1. The van der Waals surface area contributed by atoms with Crippen molar-refractivity contribution in [1.29, 1.82) is 0 Å². The Morgan fingerprint density at radius 1 is 1.43 bits per heavy atom. The van der Waals surface area contributed by atoms with Crippen LogP contribution in [0.4, 0.5) is 0 Å². The Labute approximate surface area is 137 Å². The van der Waals surface area contributed by atoms with E-state index in [0.29, 0.717) is 5.78 Å². The van der Waals surface area contributed by atoms with Crippen LogP contribution in [-0.2, 0) is 5.60 Å². The molecular formula is C15H17N5O2S. The average molecular weight is 331 g/mol. The molecule has 3 rings (SSSR count). The Morgan fingerprint density at radius 3 is 2.91 bits per heavy atom. The van der Waals surface area contributed by atoms with E-state index in [-0.39, 0.29) is 12.4 Å². The minimum absolute atomic E-state index is 0.0346. The first kappa shape index (κ1) is 15.6. The smallest absolute Gasteiger partial charge is 0.291 e. The van der Waals surface area contributed by atoms with Gasteiger partial charge >= 0.3 is 0 Å². The van der Waals surface area contributed by atoms with Crippen LogP contribution in [0.2, 0.25) is 0 Å². The van der Waals surface area contributed by atoms with Gasteiger partial charge in [-0.2, -0.15) is 16.3 Å². The van der Waals surface area contributed by atoms with Crippen molar-refractivity contribution < 1.29 is 9.90 Å². The summed E-state index contributed by atoms with van der Waals surface area (Å²) in [6.07, 6.45) is 0. The molecule has 0 fully saturated rings. The fourth-order valence-corrected chi connectivity index (χ4v) is 3.05. The molecule has 3 heterocycles. The van der Waals surface area contributed by atoms with Crippen LogP contribution in [0.3, 0.4) is 0 Å². The van der Waals surface area contributed by atoms with Gasteiger partial charge in [-0.1, -0.05) is 0 Å². The first-order valence-electron chi connectivity index (χ1n) is 7.11. The van der Waals surface area contributed by atoms with Crippen molar-refractivity contribution in [3.63, 3.8) is 0 Å². The average Bonchev–Trinajstić information content (AvgIpc) is 3.14. The third-order valence-corrected chi connectivity index (χ3v) is 4.24. The van der Waals surface area contributed by atoms with Gasteiger partial charge in [-0.3, -0.25) is 4.79 Å². The molecule has 0 saturated carbocycles. The highest BCUT2D eigenvalue weighted by atomic mass is 32.1. The quantitative estimate of drug-likeness (QED) is 0.755. The van der Waals surface area contributed by atoms with Crippen molar-refractivity contribution >= 4 is 23.0 Å². The van der Waals surface area contributed by atoms with Crippen molar-refractivity contribution in [2.45, 2.75) is 26.4 Å². The minimum atomic E-state index is -1.14. The zero-order valence-electron chi connectivity index (χ0n) is 13.1. The van der Waals surface area contributed by atoms with E-state index in [4.69, 9.17) is 0 Å². The number of carbonyl (C=O) groups excluding carboxylic acids is 1. The largest absolute Gasteiger partial charge is 0.384 e. The first-order chi connectivity index (χ1) is 10.9. The van der Waals surface area contributed by atoms with Crippen molar-refractivity contribution in [3.05, 3.63) is 45.7 Å². The number of amides is 1.